The van der Waals surface area contributed by atoms with Crippen LogP contribution in [0.2, 0.25) is 0 Å². The first-order valence-corrected chi connectivity index (χ1v) is 10.8. The lowest BCUT2D eigenvalue weighted by molar-refractivity contribution is 0.668. The van der Waals surface area contributed by atoms with Gasteiger partial charge in [0, 0.05) is 28.3 Å². The minimum atomic E-state index is 1.08. The van der Waals surface area contributed by atoms with Crippen molar-refractivity contribution in [3.05, 3.63) is 108 Å². The van der Waals surface area contributed by atoms with E-state index in [1.807, 2.05) is 0 Å². The third kappa shape index (κ3) is 3.50. The Morgan fingerprint density at radius 3 is 2.03 bits per heavy atom. The average Bonchev–Trinajstić information content (AvgIpc) is 2.81. The summed E-state index contributed by atoms with van der Waals surface area (Å²) in [6, 6.07) is 32.2. The molecule has 5 rings (SSSR count). The predicted molar refractivity (Wildman–Crippen MR) is 126 cm³/mol. The molecule has 4 aromatic rings. The summed E-state index contributed by atoms with van der Waals surface area (Å²) in [6.45, 7) is 2.21. The molecule has 2 nitrogen and oxygen atoms in total. The van der Waals surface area contributed by atoms with Crippen LogP contribution in [0, 0.1) is 6.92 Å². The molecule has 0 fully saturated rings. The smallest absolute Gasteiger partial charge is 0.0708 e. The van der Waals surface area contributed by atoms with Crippen molar-refractivity contribution in [1.82, 2.24) is 4.98 Å². The second-order valence-corrected chi connectivity index (χ2v) is 7.97. The maximum absolute atomic E-state index is 5.07. The summed E-state index contributed by atoms with van der Waals surface area (Å²) in [7, 11) is 0. The summed E-state index contributed by atoms with van der Waals surface area (Å²) in [6.07, 6.45) is 4.80. The Morgan fingerprint density at radius 1 is 0.667 bits per heavy atom. The average molecular weight is 391 g/mol. The molecule has 0 saturated heterocycles. The summed E-state index contributed by atoms with van der Waals surface area (Å²) < 4.78 is 0. The van der Waals surface area contributed by atoms with Gasteiger partial charge in [0.15, 0.2) is 0 Å². The van der Waals surface area contributed by atoms with E-state index in [-0.39, 0.29) is 0 Å². The number of aryl methyl sites for hydroxylation is 2. The van der Waals surface area contributed by atoms with Crippen LogP contribution >= 0.6 is 0 Å². The lowest BCUT2D eigenvalue weighted by Gasteiger charge is -2.28. The zero-order valence-electron chi connectivity index (χ0n) is 17.4. The van der Waals surface area contributed by atoms with Gasteiger partial charge in [-0.05, 0) is 80.1 Å². The maximum atomic E-state index is 5.07. The molecule has 0 spiro atoms. The highest BCUT2D eigenvalue weighted by atomic mass is 15.1. The first-order chi connectivity index (χ1) is 14.8. The third-order valence-electron chi connectivity index (χ3n) is 6.03. The number of benzene rings is 3. The van der Waals surface area contributed by atoms with Gasteiger partial charge in [-0.2, -0.15) is 0 Å². The lowest BCUT2D eigenvalue weighted by atomic mass is 9.94. The minimum absolute atomic E-state index is 1.08. The normalized spacial score (nSPS) is 13.0. The van der Waals surface area contributed by atoms with E-state index in [0.29, 0.717) is 0 Å². The van der Waals surface area contributed by atoms with Gasteiger partial charge in [0.2, 0.25) is 0 Å². The Labute approximate surface area is 178 Å². The van der Waals surface area contributed by atoms with Gasteiger partial charge in [-0.3, -0.25) is 4.98 Å². The molecule has 0 aliphatic heterocycles. The largest absolute Gasteiger partial charge is 0.310 e. The molecule has 0 unspecified atom stereocenters. The van der Waals surface area contributed by atoms with Crippen molar-refractivity contribution in [3.63, 3.8) is 0 Å². The molecule has 0 saturated carbocycles. The first-order valence-electron chi connectivity index (χ1n) is 10.8. The molecule has 3 aromatic carbocycles. The Morgan fingerprint density at radius 2 is 1.33 bits per heavy atom. The van der Waals surface area contributed by atoms with E-state index in [1.165, 1.54) is 40.9 Å². The van der Waals surface area contributed by atoms with E-state index in [4.69, 9.17) is 4.98 Å². The quantitative estimate of drug-likeness (QED) is 0.361. The predicted octanol–water partition coefficient (Wildman–Crippen LogP) is 7.41. The van der Waals surface area contributed by atoms with Gasteiger partial charge in [-0.1, -0.05) is 54.6 Å². The Hall–Kier alpha value is -3.39. The molecule has 148 valence electrons. The van der Waals surface area contributed by atoms with E-state index in [9.17, 15) is 0 Å². The highest BCUT2D eigenvalue weighted by molar-refractivity contribution is 5.82. The van der Waals surface area contributed by atoms with Crippen LogP contribution in [0.5, 0.6) is 0 Å². The molecule has 1 heterocycles. The van der Waals surface area contributed by atoms with Crippen LogP contribution in [-0.2, 0) is 12.8 Å². The van der Waals surface area contributed by atoms with Gasteiger partial charge in [0.1, 0.15) is 0 Å². The van der Waals surface area contributed by atoms with Crippen molar-refractivity contribution >= 4 is 17.1 Å². The highest BCUT2D eigenvalue weighted by Crippen LogP contribution is 2.39. The zero-order chi connectivity index (χ0) is 20.3. The summed E-state index contributed by atoms with van der Waals surface area (Å²) in [5, 5.41) is 0. The number of pyridine rings is 1. The number of fused-ring (bicyclic) bond motifs is 1. The molecule has 0 atom stereocenters. The van der Waals surface area contributed by atoms with E-state index in [0.717, 1.165) is 29.9 Å². The number of anilines is 3. The van der Waals surface area contributed by atoms with Crippen LogP contribution in [0.3, 0.4) is 0 Å². The number of aromatic nitrogens is 1. The van der Waals surface area contributed by atoms with Gasteiger partial charge in [-0.25, -0.2) is 0 Å². The van der Waals surface area contributed by atoms with E-state index < -0.39 is 0 Å². The van der Waals surface area contributed by atoms with Crippen LogP contribution in [0.1, 0.15) is 29.7 Å². The fourth-order valence-electron chi connectivity index (χ4n) is 4.46. The topological polar surface area (TPSA) is 16.1 Å². The summed E-state index contributed by atoms with van der Waals surface area (Å²) >= 11 is 0. The van der Waals surface area contributed by atoms with Crippen LogP contribution in [0.25, 0.3) is 11.3 Å². The Kier molecular flexibility index (Phi) is 5.06. The minimum Gasteiger partial charge on any atom is -0.310 e. The molecule has 2 heteroatoms. The highest BCUT2D eigenvalue weighted by Gasteiger charge is 2.18. The van der Waals surface area contributed by atoms with Crippen molar-refractivity contribution in [3.8, 4) is 11.3 Å². The molecule has 30 heavy (non-hydrogen) atoms. The van der Waals surface area contributed by atoms with Gasteiger partial charge in [0.05, 0.1) is 5.69 Å². The van der Waals surface area contributed by atoms with E-state index in [1.54, 1.807) is 0 Å². The second-order valence-electron chi connectivity index (χ2n) is 7.97. The van der Waals surface area contributed by atoms with Crippen molar-refractivity contribution in [2.24, 2.45) is 0 Å². The Bertz CT molecular complexity index is 1110. The number of hydrogen-bond donors (Lipinski definition) is 0. The molecule has 1 aliphatic rings. The van der Waals surface area contributed by atoms with Crippen LogP contribution in [0.4, 0.5) is 17.1 Å². The third-order valence-corrected chi connectivity index (χ3v) is 6.03. The van der Waals surface area contributed by atoms with Gasteiger partial charge in [0.25, 0.3) is 0 Å². The second kappa shape index (κ2) is 8.16. The summed E-state index contributed by atoms with van der Waals surface area (Å²) in [4.78, 5) is 7.40. The maximum Gasteiger partial charge on any atom is 0.0708 e. The molecule has 1 aliphatic carbocycles. The van der Waals surface area contributed by atoms with Gasteiger partial charge < -0.3 is 4.90 Å². The zero-order valence-corrected chi connectivity index (χ0v) is 17.4. The van der Waals surface area contributed by atoms with Crippen LogP contribution in [-0.4, -0.2) is 4.98 Å². The number of rotatable bonds is 4. The number of hydrogen-bond acceptors (Lipinski definition) is 2. The fraction of sp³-hybridized carbons (Fsp3) is 0.179. The molecule has 0 amide bonds. The number of nitrogens with zero attached hydrogens (tertiary/aromatic N) is 2. The monoisotopic (exact) mass is 390 g/mol. The standard InChI is InChI=1S/C28H26N2/c1-21-25(27-20-19-22-11-8-9-17-26(22)29-27)16-10-18-28(21)30(23-12-4-2-5-13-23)24-14-6-3-7-15-24/h2-7,10,12-16,18-20H,8-9,11,17H2,1H3. The van der Waals surface area contributed by atoms with E-state index in [2.05, 4.69) is 103 Å². The van der Waals surface area contributed by atoms with E-state index >= 15 is 0 Å². The van der Waals surface area contributed by atoms with Crippen LogP contribution in [0.15, 0.2) is 91.0 Å². The number of para-hydroxylation sites is 2. The van der Waals surface area contributed by atoms with Gasteiger partial charge in [-0.15, -0.1) is 0 Å². The summed E-state index contributed by atoms with van der Waals surface area (Å²) in [5.74, 6) is 0. The van der Waals surface area contributed by atoms with Gasteiger partial charge >= 0.3 is 0 Å². The Balaban J connectivity index is 1.64. The van der Waals surface area contributed by atoms with Crippen molar-refractivity contribution in [1.29, 1.82) is 0 Å². The molecule has 1 aromatic heterocycles. The molecule has 0 radical (unpaired) electrons. The van der Waals surface area contributed by atoms with Crippen molar-refractivity contribution in [2.75, 3.05) is 4.90 Å². The molecule has 0 N–H and O–H groups in total. The van der Waals surface area contributed by atoms with Crippen molar-refractivity contribution in [2.45, 2.75) is 32.6 Å². The van der Waals surface area contributed by atoms with Crippen molar-refractivity contribution < 1.29 is 0 Å². The molecule has 0 bridgehead atoms. The van der Waals surface area contributed by atoms with Crippen LogP contribution < -0.4 is 4.90 Å². The molecular weight excluding hydrogens is 364 g/mol. The first kappa shape index (κ1) is 18.6. The lowest BCUT2D eigenvalue weighted by Crippen LogP contribution is -2.12. The SMILES string of the molecule is Cc1c(-c2ccc3c(n2)CCCC3)cccc1N(c1ccccc1)c1ccccc1. The fourth-order valence-corrected chi connectivity index (χ4v) is 4.46. The molecular formula is C28H26N2. The summed E-state index contributed by atoms with van der Waals surface area (Å²) in [5.41, 5.74) is 9.73.